The third-order valence-corrected chi connectivity index (χ3v) is 6.45. The van der Waals surface area contributed by atoms with Crippen LogP contribution in [-0.2, 0) is 0 Å². The van der Waals surface area contributed by atoms with E-state index >= 15 is 0 Å². The molecular weight excluding hydrogens is 394 g/mol. The van der Waals surface area contributed by atoms with Gasteiger partial charge in [-0.2, -0.15) is 0 Å². The van der Waals surface area contributed by atoms with E-state index in [9.17, 15) is 5.11 Å². The zero-order valence-corrected chi connectivity index (χ0v) is 17.4. The highest BCUT2D eigenvalue weighted by Gasteiger charge is 2.28. The van der Waals surface area contributed by atoms with E-state index in [1.807, 2.05) is 18.2 Å². The maximum Gasteiger partial charge on any atom is 0.186 e. The second-order valence-electron chi connectivity index (χ2n) is 7.20. The van der Waals surface area contributed by atoms with Crippen LogP contribution >= 0.6 is 22.9 Å². The summed E-state index contributed by atoms with van der Waals surface area (Å²) in [6, 6.07) is 15.9. The Hall–Kier alpha value is -1.86. The fourth-order valence-electron chi connectivity index (χ4n) is 3.56. The number of halogens is 1. The van der Waals surface area contributed by atoms with Crippen molar-refractivity contribution in [2.75, 3.05) is 38.2 Å². The number of hydrogen-bond donors (Lipinski definition) is 1. The van der Waals surface area contributed by atoms with Gasteiger partial charge in [0.1, 0.15) is 18.5 Å². The van der Waals surface area contributed by atoms with Crippen LogP contribution in [0.2, 0.25) is 5.02 Å². The Kier molecular flexibility index (Phi) is 6.01. The van der Waals surface area contributed by atoms with Gasteiger partial charge in [-0.1, -0.05) is 41.1 Å². The summed E-state index contributed by atoms with van der Waals surface area (Å²) < 4.78 is 6.87. The van der Waals surface area contributed by atoms with Gasteiger partial charge in [-0.3, -0.25) is 4.90 Å². The van der Waals surface area contributed by atoms with Crippen molar-refractivity contribution in [3.63, 3.8) is 0 Å². The SMILES string of the molecule is CN(c1nc2ccccc2s1)C1CCN(CC(O)COc2cccc(Cl)c2)C1. The predicted molar refractivity (Wildman–Crippen MR) is 116 cm³/mol. The smallest absolute Gasteiger partial charge is 0.186 e. The summed E-state index contributed by atoms with van der Waals surface area (Å²) >= 11 is 7.69. The van der Waals surface area contributed by atoms with Crippen molar-refractivity contribution in [1.82, 2.24) is 9.88 Å². The lowest BCUT2D eigenvalue weighted by atomic mass is 10.2. The Morgan fingerprint density at radius 2 is 2.18 bits per heavy atom. The lowest BCUT2D eigenvalue weighted by Crippen LogP contribution is -2.38. The molecule has 3 aromatic rings. The van der Waals surface area contributed by atoms with E-state index in [0.29, 0.717) is 23.4 Å². The topological polar surface area (TPSA) is 48.8 Å². The molecule has 2 unspecified atom stereocenters. The van der Waals surface area contributed by atoms with Crippen LogP contribution in [0.15, 0.2) is 48.5 Å². The second-order valence-corrected chi connectivity index (χ2v) is 8.64. The van der Waals surface area contributed by atoms with Crippen LogP contribution in [0.5, 0.6) is 5.75 Å². The molecule has 1 aliphatic rings. The van der Waals surface area contributed by atoms with Crippen molar-refractivity contribution in [1.29, 1.82) is 0 Å². The van der Waals surface area contributed by atoms with Crippen LogP contribution in [0.4, 0.5) is 5.13 Å². The zero-order valence-electron chi connectivity index (χ0n) is 15.8. The number of aliphatic hydroxyl groups is 1. The Morgan fingerprint density at radius 1 is 1.32 bits per heavy atom. The molecule has 4 rings (SSSR count). The molecule has 2 aromatic carbocycles. The summed E-state index contributed by atoms with van der Waals surface area (Å²) in [6.45, 7) is 2.74. The molecule has 1 aliphatic heterocycles. The number of thiazole rings is 1. The minimum absolute atomic E-state index is 0.259. The fourth-order valence-corrected chi connectivity index (χ4v) is 4.74. The van der Waals surface area contributed by atoms with Crippen LogP contribution in [-0.4, -0.2) is 60.4 Å². The lowest BCUT2D eigenvalue weighted by Gasteiger charge is -2.25. The van der Waals surface area contributed by atoms with Gasteiger partial charge in [0.15, 0.2) is 5.13 Å². The van der Waals surface area contributed by atoms with Gasteiger partial charge < -0.3 is 14.7 Å². The number of aliphatic hydroxyl groups excluding tert-OH is 1. The van der Waals surface area contributed by atoms with E-state index in [1.165, 1.54) is 4.70 Å². The third kappa shape index (κ3) is 4.58. The molecule has 1 aromatic heterocycles. The maximum absolute atomic E-state index is 10.4. The van der Waals surface area contributed by atoms with Crippen molar-refractivity contribution in [3.8, 4) is 5.75 Å². The van der Waals surface area contributed by atoms with Gasteiger partial charge in [0.05, 0.1) is 10.2 Å². The average Bonchev–Trinajstić information content (AvgIpc) is 3.33. The summed E-state index contributed by atoms with van der Waals surface area (Å²) in [6.07, 6.45) is 0.527. The van der Waals surface area contributed by atoms with Gasteiger partial charge in [-0.15, -0.1) is 0 Å². The van der Waals surface area contributed by atoms with E-state index in [-0.39, 0.29) is 6.61 Å². The zero-order chi connectivity index (χ0) is 19.5. The van der Waals surface area contributed by atoms with Crippen LogP contribution in [0.3, 0.4) is 0 Å². The third-order valence-electron chi connectivity index (χ3n) is 5.09. The van der Waals surface area contributed by atoms with Crippen LogP contribution in [0.25, 0.3) is 10.2 Å². The number of β-amino-alcohol motifs (C(OH)–C–C–N with tert-alkyl or cyclic N) is 1. The first kappa shape index (κ1) is 19.5. The molecule has 1 saturated heterocycles. The first-order valence-electron chi connectivity index (χ1n) is 9.45. The number of fused-ring (bicyclic) bond motifs is 1. The second kappa shape index (κ2) is 8.66. The lowest BCUT2D eigenvalue weighted by molar-refractivity contribution is 0.0754. The number of likely N-dealkylation sites (N-methyl/N-ethyl adjacent to an activating group) is 1. The van der Waals surface area contributed by atoms with Crippen molar-refractivity contribution < 1.29 is 9.84 Å². The first-order chi connectivity index (χ1) is 13.6. The standard InChI is InChI=1S/C21H24ClN3O2S/c1-24(21-23-19-7-2-3-8-20(19)28-21)16-9-10-25(12-16)13-17(26)14-27-18-6-4-5-15(22)11-18/h2-8,11,16-17,26H,9-10,12-14H2,1H3. The van der Waals surface area contributed by atoms with Gasteiger partial charge in [0, 0.05) is 37.7 Å². The number of aromatic nitrogens is 1. The number of likely N-dealkylation sites (tertiary alicyclic amines) is 1. The monoisotopic (exact) mass is 417 g/mol. The summed E-state index contributed by atoms with van der Waals surface area (Å²) in [4.78, 5) is 9.33. The Balaban J connectivity index is 1.28. The minimum Gasteiger partial charge on any atom is -0.491 e. The number of hydrogen-bond acceptors (Lipinski definition) is 6. The van der Waals surface area contributed by atoms with Gasteiger partial charge >= 0.3 is 0 Å². The van der Waals surface area contributed by atoms with Crippen LogP contribution in [0, 0.1) is 0 Å². The van der Waals surface area contributed by atoms with Gasteiger partial charge in [-0.05, 0) is 36.8 Å². The van der Waals surface area contributed by atoms with Crippen LogP contribution in [0.1, 0.15) is 6.42 Å². The van der Waals surface area contributed by atoms with Crippen molar-refractivity contribution >= 4 is 38.3 Å². The Morgan fingerprint density at radius 3 is 3.00 bits per heavy atom. The molecule has 7 heteroatoms. The normalized spacial score (nSPS) is 18.5. The summed E-state index contributed by atoms with van der Waals surface area (Å²) in [5.74, 6) is 0.682. The summed E-state index contributed by atoms with van der Waals surface area (Å²) in [5, 5.41) is 12.0. The quantitative estimate of drug-likeness (QED) is 0.631. The molecule has 0 spiro atoms. The molecule has 0 aliphatic carbocycles. The molecule has 2 heterocycles. The van der Waals surface area contributed by atoms with Crippen molar-refractivity contribution in [2.24, 2.45) is 0 Å². The maximum atomic E-state index is 10.4. The van der Waals surface area contributed by atoms with Gasteiger partial charge in [0.25, 0.3) is 0 Å². The highest BCUT2D eigenvalue weighted by Crippen LogP contribution is 2.30. The average molecular weight is 418 g/mol. The number of para-hydroxylation sites is 1. The number of ether oxygens (including phenoxy) is 1. The molecule has 1 N–H and O–H groups in total. The number of rotatable bonds is 7. The van der Waals surface area contributed by atoms with E-state index in [2.05, 4.69) is 35.0 Å². The molecule has 0 radical (unpaired) electrons. The highest BCUT2D eigenvalue weighted by molar-refractivity contribution is 7.22. The summed E-state index contributed by atoms with van der Waals surface area (Å²) in [7, 11) is 2.12. The molecular formula is C21H24ClN3O2S. The molecule has 1 fully saturated rings. The molecule has 0 amide bonds. The fraction of sp³-hybridized carbons (Fsp3) is 0.381. The molecule has 5 nitrogen and oxygen atoms in total. The van der Waals surface area contributed by atoms with Crippen molar-refractivity contribution in [2.45, 2.75) is 18.6 Å². The van der Waals surface area contributed by atoms with E-state index < -0.39 is 6.10 Å². The summed E-state index contributed by atoms with van der Waals surface area (Å²) in [5.41, 5.74) is 1.05. The van der Waals surface area contributed by atoms with Gasteiger partial charge in [0.2, 0.25) is 0 Å². The molecule has 0 saturated carbocycles. The van der Waals surface area contributed by atoms with Gasteiger partial charge in [-0.25, -0.2) is 4.98 Å². The number of anilines is 1. The van der Waals surface area contributed by atoms with Crippen molar-refractivity contribution in [3.05, 3.63) is 53.6 Å². The van der Waals surface area contributed by atoms with E-state index in [0.717, 1.165) is 30.2 Å². The molecule has 2 atom stereocenters. The molecule has 0 bridgehead atoms. The first-order valence-corrected chi connectivity index (χ1v) is 10.6. The van der Waals surface area contributed by atoms with E-state index in [4.69, 9.17) is 21.3 Å². The molecule has 28 heavy (non-hydrogen) atoms. The van der Waals surface area contributed by atoms with Crippen LogP contribution < -0.4 is 9.64 Å². The Bertz CT molecular complexity index is 902. The minimum atomic E-state index is -0.537. The Labute approximate surface area is 174 Å². The molecule has 148 valence electrons. The highest BCUT2D eigenvalue weighted by atomic mass is 35.5. The largest absolute Gasteiger partial charge is 0.491 e. The predicted octanol–water partition coefficient (Wildman–Crippen LogP) is 3.90. The number of nitrogens with zero attached hydrogens (tertiary/aromatic N) is 3. The van der Waals surface area contributed by atoms with E-state index in [1.54, 1.807) is 23.5 Å². The number of benzene rings is 2.